The van der Waals surface area contributed by atoms with Gasteiger partial charge in [0.1, 0.15) is 13.2 Å². The van der Waals surface area contributed by atoms with Crippen LogP contribution in [0.2, 0.25) is 0 Å². The number of carboxylic acid groups (broad SMARTS) is 2. The third kappa shape index (κ3) is 8.65. The standard InChI is InChI=1S/C38H48N2O8/c1-9-13-27(39-47-17-11-3)32-25(19-37(5,6)21-29(32)41)23-15-16-24(35(43)44)31(34(23)36(45)46)26-20-38(7,8)22-30(42)33(26)28(14-10-2)40-48-18-12-4/h11-12,15-16H,3-4,9-10,13-14,17-22H2,1-2,5-8H3,(H,43,44)(H,45,46). The summed E-state index contributed by atoms with van der Waals surface area (Å²) in [6.45, 7) is 19.0. The van der Waals surface area contributed by atoms with Crippen LogP contribution in [0.1, 0.15) is 125 Å². The predicted molar refractivity (Wildman–Crippen MR) is 187 cm³/mol. The molecule has 2 N–H and O–H groups in total. The number of aromatic carboxylic acids is 2. The van der Waals surface area contributed by atoms with Crippen LogP contribution in [0.5, 0.6) is 0 Å². The summed E-state index contributed by atoms with van der Waals surface area (Å²) in [6, 6.07) is 2.82. The van der Waals surface area contributed by atoms with Gasteiger partial charge in [-0.1, -0.05) is 96.1 Å². The minimum Gasteiger partial charge on any atom is -0.478 e. The smallest absolute Gasteiger partial charge is 0.336 e. The van der Waals surface area contributed by atoms with E-state index in [-0.39, 0.29) is 83.0 Å². The predicted octanol–water partition coefficient (Wildman–Crippen LogP) is 8.09. The number of hydrogen-bond donors (Lipinski definition) is 2. The van der Waals surface area contributed by atoms with E-state index in [0.717, 1.165) is 0 Å². The lowest BCUT2D eigenvalue weighted by atomic mass is 9.67. The first-order valence-corrected chi connectivity index (χ1v) is 16.4. The van der Waals surface area contributed by atoms with Crippen molar-refractivity contribution in [3.8, 4) is 0 Å². The van der Waals surface area contributed by atoms with Crippen molar-refractivity contribution in [3.63, 3.8) is 0 Å². The number of rotatable bonds is 16. The van der Waals surface area contributed by atoms with Gasteiger partial charge in [0.15, 0.2) is 11.6 Å². The normalized spacial score (nSPS) is 18.1. The van der Waals surface area contributed by atoms with E-state index in [4.69, 9.17) is 9.68 Å². The number of carboxylic acids is 2. The van der Waals surface area contributed by atoms with Gasteiger partial charge in [0.2, 0.25) is 0 Å². The Kier molecular flexibility index (Phi) is 12.6. The highest BCUT2D eigenvalue weighted by atomic mass is 16.6. The molecule has 2 aliphatic rings. The Morgan fingerprint density at radius 1 is 0.771 bits per heavy atom. The number of nitrogens with zero attached hydrogens (tertiary/aromatic N) is 2. The van der Waals surface area contributed by atoms with Crippen molar-refractivity contribution in [2.24, 2.45) is 21.1 Å². The van der Waals surface area contributed by atoms with Crippen molar-refractivity contribution in [1.29, 1.82) is 0 Å². The van der Waals surface area contributed by atoms with Crippen LogP contribution in [0.25, 0.3) is 11.1 Å². The van der Waals surface area contributed by atoms with Crippen LogP contribution < -0.4 is 0 Å². The maximum atomic E-state index is 14.0. The molecule has 0 bridgehead atoms. The van der Waals surface area contributed by atoms with Gasteiger partial charge in [-0.05, 0) is 59.3 Å². The average molecular weight is 661 g/mol. The summed E-state index contributed by atoms with van der Waals surface area (Å²) in [4.78, 5) is 65.1. The number of oxime groups is 2. The lowest BCUT2D eigenvalue weighted by molar-refractivity contribution is -0.118. The quantitative estimate of drug-likeness (QED) is 0.0781. The zero-order valence-electron chi connectivity index (χ0n) is 29.0. The Hall–Kier alpha value is -4.60. The molecule has 0 unspecified atom stereocenters. The summed E-state index contributed by atoms with van der Waals surface area (Å²) < 4.78 is 0. The Labute approximate surface area is 282 Å². The second kappa shape index (κ2) is 16.0. The molecule has 0 aliphatic heterocycles. The Bertz CT molecular complexity index is 1620. The molecular weight excluding hydrogens is 612 g/mol. The maximum absolute atomic E-state index is 14.0. The molecule has 0 spiro atoms. The Balaban J connectivity index is 2.60. The summed E-state index contributed by atoms with van der Waals surface area (Å²) in [5.74, 6) is -3.22. The number of allylic oxidation sites excluding steroid dienone is 4. The third-order valence-corrected chi connectivity index (χ3v) is 8.31. The first kappa shape index (κ1) is 37.9. The molecule has 0 heterocycles. The van der Waals surface area contributed by atoms with Gasteiger partial charge in [0, 0.05) is 29.6 Å². The van der Waals surface area contributed by atoms with E-state index in [0.29, 0.717) is 49.1 Å². The zero-order valence-corrected chi connectivity index (χ0v) is 29.0. The lowest BCUT2D eigenvalue weighted by Gasteiger charge is -2.35. The molecule has 0 fully saturated rings. The molecule has 0 amide bonds. The van der Waals surface area contributed by atoms with Crippen LogP contribution in [0.4, 0.5) is 0 Å². The van der Waals surface area contributed by atoms with Crippen LogP contribution >= 0.6 is 0 Å². The molecule has 10 heteroatoms. The minimum atomic E-state index is -1.39. The third-order valence-electron chi connectivity index (χ3n) is 8.31. The van der Waals surface area contributed by atoms with Gasteiger partial charge in [-0.2, -0.15) is 0 Å². The number of benzene rings is 1. The molecule has 0 aromatic heterocycles. The van der Waals surface area contributed by atoms with Crippen LogP contribution in [-0.2, 0) is 19.3 Å². The van der Waals surface area contributed by atoms with Crippen molar-refractivity contribution in [3.05, 3.63) is 70.8 Å². The molecule has 0 atom stereocenters. The van der Waals surface area contributed by atoms with E-state index >= 15 is 0 Å². The van der Waals surface area contributed by atoms with Gasteiger partial charge in [0.25, 0.3) is 0 Å². The topological polar surface area (TPSA) is 152 Å². The molecular formula is C38H48N2O8. The highest BCUT2D eigenvalue weighted by molar-refractivity contribution is 6.30. The molecule has 48 heavy (non-hydrogen) atoms. The van der Waals surface area contributed by atoms with Crippen molar-refractivity contribution in [2.75, 3.05) is 13.2 Å². The fraction of sp³-hybridized carbons (Fsp3) is 0.474. The summed E-state index contributed by atoms with van der Waals surface area (Å²) in [5.41, 5.74) is 0.291. The SMILES string of the molecule is C=CCON=C(CCC)C1=C(c2ccc(C(=O)O)c(C3=C(C(CCC)=NOCC=C)C(=O)CC(C)(C)C3)c2C(=O)O)CC(C)(C)CC1=O. The Morgan fingerprint density at radius 3 is 1.65 bits per heavy atom. The number of ketones is 2. The highest BCUT2D eigenvalue weighted by Crippen LogP contribution is 2.48. The van der Waals surface area contributed by atoms with E-state index in [9.17, 15) is 29.4 Å². The fourth-order valence-electron chi connectivity index (χ4n) is 6.56. The van der Waals surface area contributed by atoms with Gasteiger partial charge < -0.3 is 19.9 Å². The first-order valence-electron chi connectivity index (χ1n) is 16.4. The number of hydrogen-bond acceptors (Lipinski definition) is 8. The summed E-state index contributed by atoms with van der Waals surface area (Å²) in [6.07, 6.45) is 5.90. The van der Waals surface area contributed by atoms with Gasteiger partial charge in [0.05, 0.1) is 22.6 Å². The van der Waals surface area contributed by atoms with E-state index in [1.54, 1.807) is 0 Å². The van der Waals surface area contributed by atoms with E-state index < -0.39 is 22.8 Å². The maximum Gasteiger partial charge on any atom is 0.336 e. The summed E-state index contributed by atoms with van der Waals surface area (Å²) >= 11 is 0. The zero-order chi connectivity index (χ0) is 35.8. The average Bonchev–Trinajstić information content (AvgIpc) is 2.98. The van der Waals surface area contributed by atoms with Crippen molar-refractivity contribution in [2.45, 2.75) is 92.9 Å². The molecule has 3 rings (SSSR count). The van der Waals surface area contributed by atoms with E-state index in [2.05, 4.69) is 23.5 Å². The van der Waals surface area contributed by atoms with E-state index in [1.165, 1.54) is 24.3 Å². The summed E-state index contributed by atoms with van der Waals surface area (Å²) in [7, 11) is 0. The van der Waals surface area contributed by atoms with Gasteiger partial charge in [-0.3, -0.25) is 9.59 Å². The van der Waals surface area contributed by atoms with Crippen LogP contribution in [0.3, 0.4) is 0 Å². The molecule has 258 valence electrons. The number of carbonyl (C=O) groups is 4. The van der Waals surface area contributed by atoms with Crippen LogP contribution in [-0.4, -0.2) is 58.4 Å². The second-order valence-corrected chi connectivity index (χ2v) is 13.9. The number of carbonyl (C=O) groups excluding carboxylic acids is 2. The molecule has 1 aromatic carbocycles. The first-order chi connectivity index (χ1) is 22.6. The summed E-state index contributed by atoms with van der Waals surface area (Å²) in [5, 5.41) is 30.0. The fourth-order valence-corrected chi connectivity index (χ4v) is 6.56. The molecule has 2 aliphatic carbocycles. The molecule has 0 saturated carbocycles. The van der Waals surface area contributed by atoms with Gasteiger partial charge >= 0.3 is 11.9 Å². The molecule has 1 aromatic rings. The molecule has 0 radical (unpaired) electrons. The van der Waals surface area contributed by atoms with Gasteiger partial charge in [-0.25, -0.2) is 9.59 Å². The Morgan fingerprint density at radius 2 is 1.23 bits per heavy atom. The molecule has 10 nitrogen and oxygen atoms in total. The lowest BCUT2D eigenvalue weighted by Crippen LogP contribution is -2.31. The highest BCUT2D eigenvalue weighted by Gasteiger charge is 2.41. The largest absolute Gasteiger partial charge is 0.478 e. The van der Waals surface area contributed by atoms with E-state index in [1.807, 2.05) is 41.5 Å². The second-order valence-electron chi connectivity index (χ2n) is 13.9. The van der Waals surface area contributed by atoms with Crippen molar-refractivity contribution in [1.82, 2.24) is 0 Å². The molecule has 0 saturated heterocycles. The van der Waals surface area contributed by atoms with Crippen molar-refractivity contribution >= 4 is 46.1 Å². The van der Waals surface area contributed by atoms with Crippen molar-refractivity contribution < 1.29 is 39.1 Å². The van der Waals surface area contributed by atoms with Gasteiger partial charge in [-0.15, -0.1) is 0 Å². The van der Waals surface area contributed by atoms with Crippen LogP contribution in [0.15, 0.2) is 58.9 Å². The van der Waals surface area contributed by atoms with Crippen LogP contribution in [0, 0.1) is 10.8 Å². The minimum absolute atomic E-state index is 0.0734. The monoisotopic (exact) mass is 660 g/mol. The number of Topliss-reactive ketones (excluding diaryl/α,β-unsaturated/α-hetero) is 2.